The Morgan fingerprint density at radius 3 is 2.48 bits per heavy atom. The Labute approximate surface area is 233 Å². The summed E-state index contributed by atoms with van der Waals surface area (Å²) in [5.41, 5.74) is 6.77. The molecule has 0 aliphatic carbocycles. The Hall–Kier alpha value is -4.62. The number of likely N-dealkylation sites (tertiary alicyclic amines) is 1. The number of furan rings is 1. The average molecular weight is 533 g/mol. The standard InChI is InChI=1S/C33H32N4O3/c1-22(24-7-3-2-4-8-24)34-32(38)25-11-14-29-28(19-25)30(33(39)36-29)31(26-15-18-40-21-26)35-27-12-9-23(10-13-27)20-37-16-5-6-17-37/h2-4,7-15,18-19,21-22,35H,5-6,16-17,20H2,1H3,(H,34,38)(H,36,39)/b31-30-/t22-/m1/s1. The van der Waals surface area contributed by atoms with Crippen molar-refractivity contribution in [1.82, 2.24) is 10.2 Å². The van der Waals surface area contributed by atoms with Gasteiger partial charge in [0.2, 0.25) is 0 Å². The van der Waals surface area contributed by atoms with Crippen LogP contribution >= 0.6 is 0 Å². The molecule has 2 aliphatic heterocycles. The van der Waals surface area contributed by atoms with Gasteiger partial charge in [-0.05, 0) is 80.4 Å². The molecule has 1 aromatic heterocycles. The lowest BCUT2D eigenvalue weighted by Crippen LogP contribution is -2.26. The van der Waals surface area contributed by atoms with E-state index in [1.807, 2.05) is 55.5 Å². The zero-order chi connectivity index (χ0) is 27.5. The molecular weight excluding hydrogens is 500 g/mol. The van der Waals surface area contributed by atoms with Gasteiger partial charge in [0.25, 0.3) is 11.8 Å². The van der Waals surface area contributed by atoms with Crippen molar-refractivity contribution in [1.29, 1.82) is 0 Å². The maximum atomic E-state index is 13.3. The number of fused-ring (bicyclic) bond motifs is 1. The van der Waals surface area contributed by atoms with Gasteiger partial charge in [0.1, 0.15) is 0 Å². The van der Waals surface area contributed by atoms with Crippen LogP contribution in [0.1, 0.15) is 58.4 Å². The largest absolute Gasteiger partial charge is 0.472 e. The van der Waals surface area contributed by atoms with Gasteiger partial charge in [-0.15, -0.1) is 0 Å². The molecule has 3 N–H and O–H groups in total. The van der Waals surface area contributed by atoms with Crippen LogP contribution < -0.4 is 16.0 Å². The van der Waals surface area contributed by atoms with E-state index in [1.54, 1.807) is 30.7 Å². The van der Waals surface area contributed by atoms with Gasteiger partial charge in [0.05, 0.1) is 29.8 Å². The first-order chi connectivity index (χ1) is 19.5. The number of benzene rings is 3. The third kappa shape index (κ3) is 5.42. The molecule has 2 aliphatic rings. The molecule has 7 heteroatoms. The van der Waals surface area contributed by atoms with Crippen molar-refractivity contribution < 1.29 is 14.0 Å². The van der Waals surface area contributed by atoms with Crippen molar-refractivity contribution in [2.24, 2.45) is 0 Å². The molecule has 6 rings (SSSR count). The van der Waals surface area contributed by atoms with E-state index in [2.05, 4.69) is 33.0 Å². The van der Waals surface area contributed by atoms with Crippen LogP contribution in [0.15, 0.2) is 95.8 Å². The first kappa shape index (κ1) is 25.6. The summed E-state index contributed by atoms with van der Waals surface area (Å²) in [7, 11) is 0. The molecule has 4 aromatic rings. The number of anilines is 2. The average Bonchev–Trinajstić information content (AvgIpc) is 3.75. The maximum absolute atomic E-state index is 13.3. The minimum atomic E-state index is -0.237. The highest BCUT2D eigenvalue weighted by atomic mass is 16.3. The molecule has 0 saturated carbocycles. The minimum absolute atomic E-state index is 0.159. The minimum Gasteiger partial charge on any atom is -0.472 e. The first-order valence-electron chi connectivity index (χ1n) is 13.7. The Kier molecular flexibility index (Phi) is 7.21. The Morgan fingerprint density at radius 2 is 1.75 bits per heavy atom. The van der Waals surface area contributed by atoms with Crippen molar-refractivity contribution in [2.45, 2.75) is 32.4 Å². The van der Waals surface area contributed by atoms with E-state index in [0.29, 0.717) is 28.1 Å². The zero-order valence-electron chi connectivity index (χ0n) is 22.4. The molecule has 1 saturated heterocycles. The molecule has 202 valence electrons. The van der Waals surface area contributed by atoms with Gasteiger partial charge in [-0.3, -0.25) is 14.5 Å². The van der Waals surface area contributed by atoms with Crippen molar-refractivity contribution in [3.63, 3.8) is 0 Å². The summed E-state index contributed by atoms with van der Waals surface area (Å²) in [5.74, 6) is -0.441. The third-order valence-corrected chi connectivity index (χ3v) is 7.56. The van der Waals surface area contributed by atoms with Gasteiger partial charge >= 0.3 is 0 Å². The first-order valence-corrected chi connectivity index (χ1v) is 13.7. The molecule has 0 spiro atoms. The van der Waals surface area contributed by atoms with Crippen LogP contribution in [0.5, 0.6) is 0 Å². The fraction of sp³-hybridized carbons (Fsp3) is 0.212. The van der Waals surface area contributed by atoms with Crippen LogP contribution in [-0.2, 0) is 11.3 Å². The number of carbonyl (C=O) groups is 2. The number of hydrogen-bond acceptors (Lipinski definition) is 5. The van der Waals surface area contributed by atoms with Crippen molar-refractivity contribution >= 4 is 34.5 Å². The normalized spacial score (nSPS) is 16.8. The molecule has 0 unspecified atom stereocenters. The Balaban J connectivity index is 1.30. The van der Waals surface area contributed by atoms with E-state index < -0.39 is 0 Å². The second-order valence-electron chi connectivity index (χ2n) is 10.4. The Morgan fingerprint density at radius 1 is 0.975 bits per heavy atom. The predicted octanol–water partition coefficient (Wildman–Crippen LogP) is 6.30. The van der Waals surface area contributed by atoms with Crippen LogP contribution in [0.25, 0.3) is 11.3 Å². The quantitative estimate of drug-likeness (QED) is 0.232. The van der Waals surface area contributed by atoms with Crippen LogP contribution in [0.3, 0.4) is 0 Å². The number of hydrogen-bond donors (Lipinski definition) is 3. The lowest BCUT2D eigenvalue weighted by molar-refractivity contribution is -0.110. The predicted molar refractivity (Wildman–Crippen MR) is 157 cm³/mol. The molecule has 1 atom stereocenters. The highest BCUT2D eigenvalue weighted by Gasteiger charge is 2.30. The second-order valence-corrected chi connectivity index (χ2v) is 10.4. The van der Waals surface area contributed by atoms with Gasteiger partial charge < -0.3 is 20.4 Å². The Bertz CT molecular complexity index is 1540. The molecule has 0 radical (unpaired) electrons. The van der Waals surface area contributed by atoms with Gasteiger partial charge in [-0.25, -0.2) is 0 Å². The fourth-order valence-corrected chi connectivity index (χ4v) is 5.38. The summed E-state index contributed by atoms with van der Waals surface area (Å²) in [6.45, 7) is 5.20. The fourth-order valence-electron chi connectivity index (χ4n) is 5.38. The number of rotatable bonds is 8. The van der Waals surface area contributed by atoms with Crippen LogP contribution in [0.2, 0.25) is 0 Å². The van der Waals surface area contributed by atoms with Crippen molar-refractivity contribution in [3.8, 4) is 0 Å². The number of carbonyl (C=O) groups excluding carboxylic acids is 2. The highest BCUT2D eigenvalue weighted by Crippen LogP contribution is 2.38. The van der Waals surface area contributed by atoms with Crippen molar-refractivity contribution in [2.75, 3.05) is 23.7 Å². The van der Waals surface area contributed by atoms with E-state index in [0.717, 1.165) is 36.4 Å². The van der Waals surface area contributed by atoms with E-state index in [-0.39, 0.29) is 17.9 Å². The van der Waals surface area contributed by atoms with Gasteiger partial charge in [0.15, 0.2) is 0 Å². The molecule has 7 nitrogen and oxygen atoms in total. The van der Waals surface area contributed by atoms with Crippen LogP contribution in [0.4, 0.5) is 11.4 Å². The third-order valence-electron chi connectivity index (χ3n) is 7.56. The SMILES string of the molecule is C[C@@H](NC(=O)c1ccc2c(c1)/C(=C(/Nc1ccc(CN3CCCC3)cc1)c1ccoc1)C(=O)N2)c1ccccc1. The molecule has 3 heterocycles. The summed E-state index contributed by atoms with van der Waals surface area (Å²) < 4.78 is 5.38. The summed E-state index contributed by atoms with van der Waals surface area (Å²) >= 11 is 0. The molecule has 40 heavy (non-hydrogen) atoms. The van der Waals surface area contributed by atoms with Gasteiger partial charge in [-0.2, -0.15) is 0 Å². The monoisotopic (exact) mass is 532 g/mol. The molecule has 3 aromatic carbocycles. The van der Waals surface area contributed by atoms with E-state index in [1.165, 1.54) is 18.4 Å². The molecule has 2 amide bonds. The molecule has 0 bridgehead atoms. The second kappa shape index (κ2) is 11.2. The number of nitrogens with one attached hydrogen (secondary N) is 3. The summed E-state index contributed by atoms with van der Waals surface area (Å²) in [6, 6.07) is 25.1. The van der Waals surface area contributed by atoms with Crippen LogP contribution in [-0.4, -0.2) is 29.8 Å². The number of amides is 2. The van der Waals surface area contributed by atoms with Gasteiger partial charge in [-0.1, -0.05) is 42.5 Å². The summed E-state index contributed by atoms with van der Waals surface area (Å²) in [6.07, 6.45) is 5.72. The topological polar surface area (TPSA) is 86.6 Å². The lowest BCUT2D eigenvalue weighted by Gasteiger charge is -2.16. The van der Waals surface area contributed by atoms with Crippen LogP contribution in [0, 0.1) is 0 Å². The van der Waals surface area contributed by atoms with Crippen molar-refractivity contribution in [3.05, 3.63) is 119 Å². The van der Waals surface area contributed by atoms with E-state index in [4.69, 9.17) is 4.42 Å². The van der Waals surface area contributed by atoms with E-state index >= 15 is 0 Å². The molecular formula is C33H32N4O3. The highest BCUT2D eigenvalue weighted by molar-refractivity contribution is 6.37. The summed E-state index contributed by atoms with van der Waals surface area (Å²) in [4.78, 5) is 29.0. The van der Waals surface area contributed by atoms with E-state index in [9.17, 15) is 9.59 Å². The molecule has 1 fully saturated rings. The maximum Gasteiger partial charge on any atom is 0.258 e. The van der Waals surface area contributed by atoms with Gasteiger partial charge in [0, 0.05) is 34.6 Å². The lowest BCUT2D eigenvalue weighted by atomic mass is 9.99. The zero-order valence-corrected chi connectivity index (χ0v) is 22.4. The smallest absolute Gasteiger partial charge is 0.258 e. The number of nitrogens with zero attached hydrogens (tertiary/aromatic N) is 1. The summed E-state index contributed by atoms with van der Waals surface area (Å²) in [5, 5.41) is 9.48.